The van der Waals surface area contributed by atoms with Crippen molar-refractivity contribution in [1.29, 1.82) is 0 Å². The van der Waals surface area contributed by atoms with Crippen LogP contribution in [0, 0.1) is 0 Å². The van der Waals surface area contributed by atoms with Gasteiger partial charge in [-0.3, -0.25) is 0 Å². The molecule has 0 amide bonds. The lowest BCUT2D eigenvalue weighted by atomic mass is 10.2. The summed E-state index contributed by atoms with van der Waals surface area (Å²) in [6, 6.07) is 12.7. The first-order valence-corrected chi connectivity index (χ1v) is 6.66. The standard InChI is InChI=1S/C14H7Cl3N2/c15-8-5-6-9(11(16)7-8)14-18-12-4-2-1-3-10(12)13(17)19-14/h1-7H. The lowest BCUT2D eigenvalue weighted by Gasteiger charge is -2.06. The van der Waals surface area contributed by atoms with Crippen LogP contribution in [0.2, 0.25) is 15.2 Å². The van der Waals surface area contributed by atoms with Crippen molar-refractivity contribution < 1.29 is 0 Å². The molecule has 0 saturated heterocycles. The molecule has 1 heterocycles. The monoisotopic (exact) mass is 308 g/mol. The second kappa shape index (κ2) is 4.97. The van der Waals surface area contributed by atoms with Gasteiger partial charge >= 0.3 is 0 Å². The zero-order valence-corrected chi connectivity index (χ0v) is 11.8. The van der Waals surface area contributed by atoms with Crippen molar-refractivity contribution in [3.63, 3.8) is 0 Å². The maximum Gasteiger partial charge on any atom is 0.162 e. The van der Waals surface area contributed by atoms with E-state index in [1.165, 1.54) is 0 Å². The van der Waals surface area contributed by atoms with Gasteiger partial charge in [0.05, 0.1) is 10.5 Å². The van der Waals surface area contributed by atoms with Crippen LogP contribution < -0.4 is 0 Å². The lowest BCUT2D eigenvalue weighted by Crippen LogP contribution is -1.92. The predicted molar refractivity (Wildman–Crippen MR) is 80.0 cm³/mol. The average Bonchev–Trinajstić information content (AvgIpc) is 2.38. The zero-order chi connectivity index (χ0) is 13.4. The van der Waals surface area contributed by atoms with Crippen LogP contribution in [0.1, 0.15) is 0 Å². The predicted octanol–water partition coefficient (Wildman–Crippen LogP) is 5.26. The van der Waals surface area contributed by atoms with Gasteiger partial charge in [0, 0.05) is 16.0 Å². The topological polar surface area (TPSA) is 25.8 Å². The summed E-state index contributed by atoms with van der Waals surface area (Å²) in [5, 5.41) is 2.30. The number of para-hydroxylation sites is 1. The van der Waals surface area contributed by atoms with Gasteiger partial charge in [-0.05, 0) is 30.3 Å². The van der Waals surface area contributed by atoms with Crippen molar-refractivity contribution in [3.8, 4) is 11.4 Å². The molecule has 0 atom stereocenters. The largest absolute Gasteiger partial charge is 0.228 e. The van der Waals surface area contributed by atoms with Crippen molar-refractivity contribution in [3.05, 3.63) is 57.7 Å². The Balaban J connectivity index is 2.25. The molecular formula is C14H7Cl3N2. The molecule has 1 aromatic heterocycles. The number of nitrogens with zero attached hydrogens (tertiary/aromatic N) is 2. The normalized spacial score (nSPS) is 10.9. The highest BCUT2D eigenvalue weighted by atomic mass is 35.5. The molecule has 0 saturated carbocycles. The van der Waals surface area contributed by atoms with Crippen LogP contribution in [0.4, 0.5) is 0 Å². The number of hydrogen-bond acceptors (Lipinski definition) is 2. The summed E-state index contributed by atoms with van der Waals surface area (Å²) in [4.78, 5) is 8.76. The van der Waals surface area contributed by atoms with Gasteiger partial charge in [-0.15, -0.1) is 0 Å². The molecule has 0 aliphatic heterocycles. The Kier molecular flexibility index (Phi) is 3.31. The summed E-state index contributed by atoms with van der Waals surface area (Å²) in [6.07, 6.45) is 0. The SMILES string of the molecule is Clc1ccc(-c2nc(Cl)c3ccccc3n2)c(Cl)c1. The van der Waals surface area contributed by atoms with E-state index in [0.717, 1.165) is 10.9 Å². The summed E-state index contributed by atoms with van der Waals surface area (Å²) >= 11 is 18.2. The highest BCUT2D eigenvalue weighted by Gasteiger charge is 2.10. The number of benzene rings is 2. The van der Waals surface area contributed by atoms with Crippen molar-refractivity contribution in [2.45, 2.75) is 0 Å². The molecule has 0 spiro atoms. The maximum atomic E-state index is 6.18. The lowest BCUT2D eigenvalue weighted by molar-refractivity contribution is 1.23. The molecule has 94 valence electrons. The van der Waals surface area contributed by atoms with Gasteiger partial charge in [-0.25, -0.2) is 9.97 Å². The van der Waals surface area contributed by atoms with Gasteiger partial charge in [-0.1, -0.05) is 46.9 Å². The van der Waals surface area contributed by atoms with Crippen LogP contribution in [0.5, 0.6) is 0 Å². The Morgan fingerprint density at radius 1 is 0.842 bits per heavy atom. The molecule has 0 aliphatic carbocycles. The van der Waals surface area contributed by atoms with Crippen molar-refractivity contribution in [2.24, 2.45) is 0 Å². The van der Waals surface area contributed by atoms with E-state index in [1.54, 1.807) is 18.2 Å². The molecule has 3 rings (SSSR count). The Morgan fingerprint density at radius 2 is 1.63 bits per heavy atom. The second-order valence-corrected chi connectivity index (χ2v) is 5.18. The van der Waals surface area contributed by atoms with E-state index in [-0.39, 0.29) is 0 Å². The van der Waals surface area contributed by atoms with E-state index in [0.29, 0.717) is 26.6 Å². The van der Waals surface area contributed by atoms with Gasteiger partial charge in [-0.2, -0.15) is 0 Å². The van der Waals surface area contributed by atoms with Crippen LogP contribution in [-0.2, 0) is 0 Å². The molecular weight excluding hydrogens is 303 g/mol. The fourth-order valence-corrected chi connectivity index (χ4v) is 2.56. The van der Waals surface area contributed by atoms with Crippen molar-refractivity contribution in [2.75, 3.05) is 0 Å². The van der Waals surface area contributed by atoms with Crippen molar-refractivity contribution >= 4 is 45.7 Å². The number of hydrogen-bond donors (Lipinski definition) is 0. The fourth-order valence-electron chi connectivity index (χ4n) is 1.83. The van der Waals surface area contributed by atoms with Gasteiger partial charge in [0.25, 0.3) is 0 Å². The molecule has 0 radical (unpaired) electrons. The first-order chi connectivity index (χ1) is 9.15. The third-order valence-corrected chi connectivity index (χ3v) is 3.56. The van der Waals surface area contributed by atoms with Crippen LogP contribution in [0.25, 0.3) is 22.3 Å². The smallest absolute Gasteiger partial charge is 0.162 e. The summed E-state index contributed by atoms with van der Waals surface area (Å²) in [7, 11) is 0. The van der Waals surface area contributed by atoms with Gasteiger partial charge in [0.15, 0.2) is 5.82 Å². The number of fused-ring (bicyclic) bond motifs is 1. The van der Waals surface area contributed by atoms with Crippen LogP contribution in [0.15, 0.2) is 42.5 Å². The summed E-state index contributed by atoms with van der Waals surface area (Å²) < 4.78 is 0. The van der Waals surface area contributed by atoms with E-state index in [1.807, 2.05) is 24.3 Å². The summed E-state index contributed by atoms with van der Waals surface area (Å²) in [6.45, 7) is 0. The summed E-state index contributed by atoms with van der Waals surface area (Å²) in [5.41, 5.74) is 1.49. The highest BCUT2D eigenvalue weighted by molar-refractivity contribution is 6.36. The third-order valence-electron chi connectivity index (χ3n) is 2.73. The van der Waals surface area contributed by atoms with Crippen LogP contribution in [0.3, 0.4) is 0 Å². The molecule has 0 fully saturated rings. The second-order valence-electron chi connectivity index (χ2n) is 3.98. The molecule has 0 bridgehead atoms. The van der Waals surface area contributed by atoms with Gasteiger partial charge in [0.2, 0.25) is 0 Å². The maximum absolute atomic E-state index is 6.18. The summed E-state index contributed by atoms with van der Waals surface area (Å²) in [5.74, 6) is 0.491. The molecule has 2 aromatic carbocycles. The Labute approximate surface area is 125 Å². The molecule has 0 unspecified atom stereocenters. The molecule has 2 nitrogen and oxygen atoms in total. The van der Waals surface area contributed by atoms with E-state index in [4.69, 9.17) is 34.8 Å². The molecule has 5 heteroatoms. The fraction of sp³-hybridized carbons (Fsp3) is 0. The molecule has 0 N–H and O–H groups in total. The molecule has 0 aliphatic rings. The molecule has 3 aromatic rings. The van der Waals surface area contributed by atoms with Crippen LogP contribution in [-0.4, -0.2) is 9.97 Å². The Morgan fingerprint density at radius 3 is 2.42 bits per heavy atom. The van der Waals surface area contributed by atoms with Gasteiger partial charge < -0.3 is 0 Å². The minimum Gasteiger partial charge on any atom is -0.228 e. The zero-order valence-electron chi connectivity index (χ0n) is 9.57. The minimum atomic E-state index is 0.409. The Bertz CT molecular complexity index is 772. The third kappa shape index (κ3) is 2.39. The van der Waals surface area contributed by atoms with Crippen molar-refractivity contribution in [1.82, 2.24) is 9.97 Å². The number of halogens is 3. The Hall–Kier alpha value is -1.35. The highest BCUT2D eigenvalue weighted by Crippen LogP contribution is 2.30. The minimum absolute atomic E-state index is 0.409. The van der Waals surface area contributed by atoms with Crippen LogP contribution >= 0.6 is 34.8 Å². The average molecular weight is 310 g/mol. The first-order valence-electron chi connectivity index (χ1n) is 5.53. The number of rotatable bonds is 1. The molecule has 19 heavy (non-hydrogen) atoms. The van der Waals surface area contributed by atoms with E-state index in [9.17, 15) is 0 Å². The van der Waals surface area contributed by atoms with E-state index in [2.05, 4.69) is 9.97 Å². The van der Waals surface area contributed by atoms with E-state index >= 15 is 0 Å². The van der Waals surface area contributed by atoms with E-state index < -0.39 is 0 Å². The number of aromatic nitrogens is 2. The first kappa shape index (κ1) is 12.7. The quantitative estimate of drug-likeness (QED) is 0.573. The van der Waals surface area contributed by atoms with Gasteiger partial charge in [0.1, 0.15) is 5.15 Å².